The number of carboxylic acids is 1. The van der Waals surface area contributed by atoms with Crippen LogP contribution < -0.4 is 10.6 Å². The van der Waals surface area contributed by atoms with Gasteiger partial charge in [0, 0.05) is 6.20 Å². The molecule has 3 N–H and O–H groups in total. The van der Waals surface area contributed by atoms with Gasteiger partial charge in [-0.1, -0.05) is 19.9 Å². The highest BCUT2D eigenvalue weighted by Gasteiger charge is 2.17. The fourth-order valence-electron chi connectivity index (χ4n) is 1.66. The number of aliphatic carboxylic acids is 1. The fraction of sp³-hybridized carbons (Fsp3) is 0.462. The standard InChI is InChI=1S/C13H19N3O3/c1-3-9-6-5-7-14-11(9)8-15-13(19)16-10(4-2)12(17)18/h5-7,10H,3-4,8H2,1-2H3,(H,17,18)(H2,15,16,19)/t10-/m1/s1. The Balaban J connectivity index is 2.52. The zero-order valence-corrected chi connectivity index (χ0v) is 11.1. The topological polar surface area (TPSA) is 91.3 Å². The van der Waals surface area contributed by atoms with E-state index in [9.17, 15) is 9.59 Å². The van der Waals surface area contributed by atoms with Crippen LogP contribution in [0.15, 0.2) is 18.3 Å². The number of hydrogen-bond donors (Lipinski definition) is 3. The second-order valence-electron chi connectivity index (χ2n) is 4.09. The number of amides is 2. The lowest BCUT2D eigenvalue weighted by Crippen LogP contribution is -2.45. The maximum Gasteiger partial charge on any atom is 0.326 e. The van der Waals surface area contributed by atoms with Gasteiger partial charge in [0.15, 0.2) is 0 Å². The molecular weight excluding hydrogens is 246 g/mol. The van der Waals surface area contributed by atoms with Crippen LogP contribution in [0.4, 0.5) is 4.79 Å². The Morgan fingerprint density at radius 1 is 1.42 bits per heavy atom. The van der Waals surface area contributed by atoms with Crippen molar-refractivity contribution in [2.75, 3.05) is 0 Å². The predicted octanol–water partition coefficient (Wildman–Crippen LogP) is 1.31. The Hall–Kier alpha value is -2.11. The first-order valence-electron chi connectivity index (χ1n) is 6.28. The van der Waals surface area contributed by atoms with Crippen LogP contribution in [0, 0.1) is 0 Å². The molecule has 0 aliphatic rings. The summed E-state index contributed by atoms with van der Waals surface area (Å²) < 4.78 is 0. The van der Waals surface area contributed by atoms with Crippen LogP contribution in [0.2, 0.25) is 0 Å². The van der Waals surface area contributed by atoms with Gasteiger partial charge in [0.05, 0.1) is 12.2 Å². The van der Waals surface area contributed by atoms with Gasteiger partial charge in [-0.15, -0.1) is 0 Å². The van der Waals surface area contributed by atoms with E-state index in [4.69, 9.17) is 5.11 Å². The van der Waals surface area contributed by atoms with E-state index in [0.717, 1.165) is 17.7 Å². The number of hydrogen-bond acceptors (Lipinski definition) is 3. The van der Waals surface area contributed by atoms with Crippen LogP contribution in [0.5, 0.6) is 0 Å². The first-order chi connectivity index (χ1) is 9.08. The summed E-state index contributed by atoms with van der Waals surface area (Å²) in [6, 6.07) is 2.44. The average Bonchev–Trinajstić information content (AvgIpc) is 2.42. The van der Waals surface area contributed by atoms with Crippen molar-refractivity contribution in [3.05, 3.63) is 29.6 Å². The molecule has 0 aliphatic heterocycles. The molecule has 1 aromatic heterocycles. The Bertz CT molecular complexity index is 449. The second-order valence-corrected chi connectivity index (χ2v) is 4.09. The van der Waals surface area contributed by atoms with Crippen molar-refractivity contribution in [1.29, 1.82) is 0 Å². The highest BCUT2D eigenvalue weighted by Crippen LogP contribution is 2.05. The minimum Gasteiger partial charge on any atom is -0.480 e. The van der Waals surface area contributed by atoms with Crippen molar-refractivity contribution in [1.82, 2.24) is 15.6 Å². The van der Waals surface area contributed by atoms with Crippen LogP contribution in [0.25, 0.3) is 0 Å². The first-order valence-corrected chi connectivity index (χ1v) is 6.28. The summed E-state index contributed by atoms with van der Waals surface area (Å²) in [6.45, 7) is 4.00. The molecular formula is C13H19N3O3. The van der Waals surface area contributed by atoms with Gasteiger partial charge in [-0.25, -0.2) is 9.59 Å². The molecule has 6 nitrogen and oxygen atoms in total. The lowest BCUT2D eigenvalue weighted by Gasteiger charge is -2.13. The van der Waals surface area contributed by atoms with Gasteiger partial charge in [0.25, 0.3) is 0 Å². The number of carboxylic acid groups (broad SMARTS) is 1. The Kier molecular flexibility index (Phi) is 5.78. The summed E-state index contributed by atoms with van der Waals surface area (Å²) in [5, 5.41) is 13.8. The number of urea groups is 1. The van der Waals surface area contributed by atoms with E-state index in [-0.39, 0.29) is 6.54 Å². The summed E-state index contributed by atoms with van der Waals surface area (Å²) in [4.78, 5) is 26.6. The lowest BCUT2D eigenvalue weighted by molar-refractivity contribution is -0.139. The van der Waals surface area contributed by atoms with Gasteiger partial charge in [-0.3, -0.25) is 4.98 Å². The quantitative estimate of drug-likeness (QED) is 0.723. The zero-order chi connectivity index (χ0) is 14.3. The van der Waals surface area contributed by atoms with E-state index in [1.54, 1.807) is 13.1 Å². The number of carbonyl (C=O) groups is 2. The highest BCUT2D eigenvalue weighted by atomic mass is 16.4. The molecule has 0 unspecified atom stereocenters. The maximum atomic E-state index is 11.6. The number of pyridine rings is 1. The number of aromatic nitrogens is 1. The van der Waals surface area contributed by atoms with Gasteiger partial charge in [-0.2, -0.15) is 0 Å². The molecule has 19 heavy (non-hydrogen) atoms. The van der Waals surface area contributed by atoms with Crippen molar-refractivity contribution in [3.8, 4) is 0 Å². The van der Waals surface area contributed by atoms with Crippen molar-refractivity contribution in [2.45, 2.75) is 39.3 Å². The predicted molar refractivity (Wildman–Crippen MR) is 70.7 cm³/mol. The third-order valence-electron chi connectivity index (χ3n) is 2.79. The Labute approximate surface area is 112 Å². The fourth-order valence-corrected chi connectivity index (χ4v) is 1.66. The minimum atomic E-state index is -1.04. The van der Waals surface area contributed by atoms with Crippen molar-refractivity contribution >= 4 is 12.0 Å². The van der Waals surface area contributed by atoms with E-state index in [1.165, 1.54) is 0 Å². The van der Waals surface area contributed by atoms with Crippen LogP contribution in [-0.4, -0.2) is 28.1 Å². The summed E-state index contributed by atoms with van der Waals surface area (Å²) in [7, 11) is 0. The second kappa shape index (κ2) is 7.35. The van der Waals surface area contributed by atoms with Gasteiger partial charge < -0.3 is 15.7 Å². The van der Waals surface area contributed by atoms with E-state index >= 15 is 0 Å². The van der Waals surface area contributed by atoms with E-state index in [1.807, 2.05) is 19.1 Å². The lowest BCUT2D eigenvalue weighted by atomic mass is 10.1. The van der Waals surface area contributed by atoms with Crippen molar-refractivity contribution < 1.29 is 14.7 Å². The molecule has 0 spiro atoms. The van der Waals surface area contributed by atoms with Gasteiger partial charge in [-0.05, 0) is 24.5 Å². The molecule has 0 saturated carbocycles. The molecule has 1 atom stereocenters. The summed E-state index contributed by atoms with van der Waals surface area (Å²) in [5.41, 5.74) is 1.86. The molecule has 1 heterocycles. The molecule has 0 fully saturated rings. The average molecular weight is 265 g/mol. The van der Waals surface area contributed by atoms with Crippen LogP contribution in [-0.2, 0) is 17.8 Å². The summed E-state index contributed by atoms with van der Waals surface area (Å²) >= 11 is 0. The monoisotopic (exact) mass is 265 g/mol. The highest BCUT2D eigenvalue weighted by molar-refractivity contribution is 5.82. The first kappa shape index (κ1) is 14.9. The van der Waals surface area contributed by atoms with E-state index in [0.29, 0.717) is 6.42 Å². The SMILES string of the molecule is CCc1cccnc1CNC(=O)N[C@H](CC)C(=O)O. The third kappa shape index (κ3) is 4.57. The molecule has 0 radical (unpaired) electrons. The molecule has 0 bridgehead atoms. The molecule has 2 amide bonds. The Morgan fingerprint density at radius 3 is 2.74 bits per heavy atom. The van der Waals surface area contributed by atoms with Gasteiger partial charge in [0.2, 0.25) is 0 Å². The molecule has 0 aromatic carbocycles. The molecule has 1 aromatic rings. The smallest absolute Gasteiger partial charge is 0.326 e. The number of nitrogens with zero attached hydrogens (tertiary/aromatic N) is 1. The Morgan fingerprint density at radius 2 is 2.16 bits per heavy atom. The van der Waals surface area contributed by atoms with Crippen molar-refractivity contribution in [2.24, 2.45) is 0 Å². The number of nitrogens with one attached hydrogen (secondary N) is 2. The van der Waals surface area contributed by atoms with Gasteiger partial charge in [0.1, 0.15) is 6.04 Å². The van der Waals surface area contributed by atoms with Crippen LogP contribution in [0.3, 0.4) is 0 Å². The van der Waals surface area contributed by atoms with Gasteiger partial charge >= 0.3 is 12.0 Å². The summed E-state index contributed by atoms with van der Waals surface area (Å²) in [5.74, 6) is -1.04. The van der Waals surface area contributed by atoms with E-state index in [2.05, 4.69) is 15.6 Å². The normalized spacial score (nSPS) is 11.7. The maximum absolute atomic E-state index is 11.6. The third-order valence-corrected chi connectivity index (χ3v) is 2.79. The summed E-state index contributed by atoms with van der Waals surface area (Å²) in [6.07, 6.45) is 2.84. The van der Waals surface area contributed by atoms with E-state index < -0.39 is 18.0 Å². The largest absolute Gasteiger partial charge is 0.480 e. The molecule has 1 rings (SSSR count). The zero-order valence-electron chi connectivity index (χ0n) is 11.1. The van der Waals surface area contributed by atoms with Crippen LogP contribution >= 0.6 is 0 Å². The molecule has 0 saturated heterocycles. The number of carbonyl (C=O) groups excluding carboxylic acids is 1. The number of aryl methyl sites for hydroxylation is 1. The molecule has 0 aliphatic carbocycles. The van der Waals surface area contributed by atoms with Crippen LogP contribution in [0.1, 0.15) is 31.5 Å². The molecule has 104 valence electrons. The molecule has 6 heteroatoms. The number of rotatable bonds is 6. The van der Waals surface area contributed by atoms with Crippen molar-refractivity contribution in [3.63, 3.8) is 0 Å². The minimum absolute atomic E-state index is 0.284.